The molecule has 2 aromatic rings. The van der Waals surface area contributed by atoms with Gasteiger partial charge in [-0.3, -0.25) is 9.69 Å². The number of halogens is 4. The van der Waals surface area contributed by atoms with E-state index in [1.165, 1.54) is 0 Å². The van der Waals surface area contributed by atoms with Crippen molar-refractivity contribution in [1.82, 2.24) is 4.90 Å². The van der Waals surface area contributed by atoms with Crippen LogP contribution in [0.1, 0.15) is 24.0 Å². The lowest BCUT2D eigenvalue weighted by Crippen LogP contribution is -2.40. The number of carboxylic acids is 1. The number of piperidine rings is 1. The molecule has 0 amide bonds. The van der Waals surface area contributed by atoms with E-state index in [1.807, 2.05) is 4.90 Å². The Labute approximate surface area is 170 Å². The minimum atomic E-state index is -0.971. The van der Waals surface area contributed by atoms with Crippen LogP contribution < -0.4 is 0 Å². The van der Waals surface area contributed by atoms with Crippen LogP contribution in [0.25, 0.3) is 0 Å². The van der Waals surface area contributed by atoms with Crippen molar-refractivity contribution in [3.05, 3.63) is 70.8 Å². The predicted octanol–water partition coefficient (Wildman–Crippen LogP) is 3.81. The number of hydrogen-bond donors (Lipinski definition) is 1. The smallest absolute Gasteiger partial charge is 0.307 e. The lowest BCUT2D eigenvalue weighted by molar-refractivity contribution is -0.143. The van der Waals surface area contributed by atoms with E-state index in [2.05, 4.69) is 5.16 Å². The summed E-state index contributed by atoms with van der Waals surface area (Å²) in [6.07, 6.45) is 1.36. The van der Waals surface area contributed by atoms with Gasteiger partial charge in [-0.2, -0.15) is 0 Å². The van der Waals surface area contributed by atoms with Gasteiger partial charge >= 0.3 is 5.97 Å². The van der Waals surface area contributed by atoms with Gasteiger partial charge in [0.1, 0.15) is 35.6 Å². The van der Waals surface area contributed by atoms with Crippen LogP contribution in [-0.2, 0) is 9.63 Å². The van der Waals surface area contributed by atoms with E-state index in [0.717, 1.165) is 30.7 Å². The van der Waals surface area contributed by atoms with E-state index in [-0.39, 0.29) is 23.4 Å². The summed E-state index contributed by atoms with van der Waals surface area (Å²) in [4.78, 5) is 18.3. The lowest BCUT2D eigenvalue weighted by Gasteiger charge is -2.29. The molecule has 1 saturated heterocycles. The first-order valence-corrected chi connectivity index (χ1v) is 9.41. The van der Waals surface area contributed by atoms with Gasteiger partial charge in [0.2, 0.25) is 0 Å². The summed E-state index contributed by atoms with van der Waals surface area (Å²) in [6, 6.07) is 5.44. The summed E-state index contributed by atoms with van der Waals surface area (Å²) in [6.45, 7) is 1.51. The quantitative estimate of drug-likeness (QED) is 0.318. The van der Waals surface area contributed by atoms with Crippen molar-refractivity contribution < 1.29 is 32.3 Å². The molecule has 160 valence electrons. The second-order valence-electron chi connectivity index (χ2n) is 7.00. The number of benzene rings is 2. The molecule has 1 unspecified atom stereocenters. The van der Waals surface area contributed by atoms with Crippen LogP contribution in [0.3, 0.4) is 0 Å². The minimum absolute atomic E-state index is 0.0431. The maximum atomic E-state index is 14.3. The molecule has 0 aromatic heterocycles. The number of oxime groups is 1. The third kappa shape index (κ3) is 5.35. The Morgan fingerprint density at radius 2 is 1.67 bits per heavy atom. The van der Waals surface area contributed by atoms with Gasteiger partial charge in [-0.1, -0.05) is 5.16 Å². The van der Waals surface area contributed by atoms with Gasteiger partial charge < -0.3 is 9.94 Å². The molecule has 1 aliphatic heterocycles. The molecule has 0 saturated carbocycles. The van der Waals surface area contributed by atoms with Gasteiger partial charge in [-0.25, -0.2) is 17.6 Å². The van der Waals surface area contributed by atoms with Gasteiger partial charge in [-0.05, 0) is 43.7 Å². The second kappa shape index (κ2) is 9.71. The molecule has 1 heterocycles. The van der Waals surface area contributed by atoms with Crippen molar-refractivity contribution in [3.8, 4) is 0 Å². The normalized spacial score (nSPS) is 16.9. The van der Waals surface area contributed by atoms with E-state index in [0.29, 0.717) is 38.2 Å². The number of rotatable bonds is 7. The lowest BCUT2D eigenvalue weighted by atomic mass is 9.98. The largest absolute Gasteiger partial charge is 0.481 e. The summed E-state index contributed by atoms with van der Waals surface area (Å²) in [5.41, 5.74) is -0.649. The van der Waals surface area contributed by atoms with E-state index in [1.54, 1.807) is 0 Å². The Morgan fingerprint density at radius 1 is 1.07 bits per heavy atom. The predicted molar refractivity (Wildman–Crippen MR) is 101 cm³/mol. The zero-order valence-electron chi connectivity index (χ0n) is 16.0. The Kier molecular flexibility index (Phi) is 7.04. The molecule has 1 N–H and O–H groups in total. The average molecular weight is 424 g/mol. The molecular weight excluding hydrogens is 404 g/mol. The first-order chi connectivity index (χ1) is 14.3. The SMILES string of the molecule is O=C(O)C1CCCN(CCON=C(c2ccc(F)cc2F)c2ccc(F)cc2F)C1. The van der Waals surface area contributed by atoms with Gasteiger partial charge in [0.05, 0.1) is 5.92 Å². The molecule has 0 spiro atoms. The molecule has 5 nitrogen and oxygen atoms in total. The molecule has 3 rings (SSSR count). The Morgan fingerprint density at radius 3 is 2.20 bits per heavy atom. The third-order valence-electron chi connectivity index (χ3n) is 4.88. The van der Waals surface area contributed by atoms with E-state index < -0.39 is 35.2 Å². The fourth-order valence-electron chi connectivity index (χ4n) is 3.35. The van der Waals surface area contributed by atoms with Crippen molar-refractivity contribution in [2.45, 2.75) is 12.8 Å². The van der Waals surface area contributed by atoms with Crippen LogP contribution in [0.4, 0.5) is 17.6 Å². The van der Waals surface area contributed by atoms with Crippen molar-refractivity contribution in [2.75, 3.05) is 26.2 Å². The molecule has 0 radical (unpaired) electrons. The van der Waals surface area contributed by atoms with E-state index in [9.17, 15) is 22.4 Å². The number of carbonyl (C=O) groups is 1. The molecule has 9 heteroatoms. The molecule has 1 fully saturated rings. The number of nitrogens with zero attached hydrogens (tertiary/aromatic N) is 2. The highest BCUT2D eigenvalue weighted by Gasteiger charge is 2.25. The average Bonchev–Trinajstić information content (AvgIpc) is 2.70. The standard InChI is InChI=1S/C21H20F4N2O3/c22-14-3-5-16(18(24)10-14)20(17-6-4-15(23)11-19(17)25)26-30-9-8-27-7-1-2-13(12-27)21(28)29/h3-6,10-11,13H,1-2,7-9,12H2,(H,28,29). The minimum Gasteiger partial charge on any atom is -0.481 e. The van der Waals surface area contributed by atoms with Crippen molar-refractivity contribution in [2.24, 2.45) is 11.1 Å². The highest BCUT2D eigenvalue weighted by molar-refractivity contribution is 6.12. The van der Waals surface area contributed by atoms with Crippen molar-refractivity contribution in [3.63, 3.8) is 0 Å². The zero-order chi connectivity index (χ0) is 21.7. The van der Waals surface area contributed by atoms with Crippen molar-refractivity contribution >= 4 is 11.7 Å². The second-order valence-corrected chi connectivity index (χ2v) is 7.00. The number of carboxylic acid groups (broad SMARTS) is 1. The molecule has 0 bridgehead atoms. The van der Waals surface area contributed by atoms with Crippen LogP contribution in [0, 0.1) is 29.2 Å². The summed E-state index contributed by atoms with van der Waals surface area (Å²) in [5, 5.41) is 13.0. The monoisotopic (exact) mass is 424 g/mol. The van der Waals surface area contributed by atoms with Crippen LogP contribution >= 0.6 is 0 Å². The summed E-state index contributed by atoms with van der Waals surface area (Å²) >= 11 is 0. The van der Waals surface area contributed by atoms with E-state index in [4.69, 9.17) is 9.94 Å². The summed E-state index contributed by atoms with van der Waals surface area (Å²) < 4.78 is 55.1. The van der Waals surface area contributed by atoms with Gasteiger partial charge in [0, 0.05) is 36.3 Å². The maximum absolute atomic E-state index is 14.3. The van der Waals surface area contributed by atoms with Gasteiger partial charge in [0.25, 0.3) is 0 Å². The zero-order valence-corrected chi connectivity index (χ0v) is 16.0. The molecule has 0 aliphatic carbocycles. The van der Waals surface area contributed by atoms with E-state index >= 15 is 0 Å². The first-order valence-electron chi connectivity index (χ1n) is 9.41. The van der Waals surface area contributed by atoms with Crippen molar-refractivity contribution in [1.29, 1.82) is 0 Å². The van der Waals surface area contributed by atoms with Crippen LogP contribution in [0.15, 0.2) is 41.6 Å². The van der Waals surface area contributed by atoms with Gasteiger partial charge in [-0.15, -0.1) is 0 Å². The van der Waals surface area contributed by atoms with Gasteiger partial charge in [0.15, 0.2) is 0 Å². The fraction of sp³-hybridized carbons (Fsp3) is 0.333. The Balaban J connectivity index is 1.77. The number of likely N-dealkylation sites (tertiary alicyclic amines) is 1. The highest BCUT2D eigenvalue weighted by atomic mass is 19.1. The summed E-state index contributed by atoms with van der Waals surface area (Å²) in [5.74, 6) is -4.86. The Hall–Kier alpha value is -2.94. The number of aliphatic carboxylic acids is 1. The van der Waals surface area contributed by atoms with Crippen LogP contribution in [-0.4, -0.2) is 47.9 Å². The summed E-state index contributed by atoms with van der Waals surface area (Å²) in [7, 11) is 0. The van der Waals surface area contributed by atoms with Crippen LogP contribution in [0.5, 0.6) is 0 Å². The molecule has 2 aromatic carbocycles. The number of hydrogen-bond acceptors (Lipinski definition) is 4. The first kappa shape index (κ1) is 21.8. The Bertz CT molecular complexity index is 898. The topological polar surface area (TPSA) is 62.1 Å². The molecule has 1 aliphatic rings. The maximum Gasteiger partial charge on any atom is 0.307 e. The third-order valence-corrected chi connectivity index (χ3v) is 4.88. The highest BCUT2D eigenvalue weighted by Crippen LogP contribution is 2.20. The fourth-order valence-corrected chi connectivity index (χ4v) is 3.35. The molecule has 30 heavy (non-hydrogen) atoms. The molecular formula is C21H20F4N2O3. The van der Waals surface area contributed by atoms with Crippen LogP contribution in [0.2, 0.25) is 0 Å². The molecule has 1 atom stereocenters.